The Labute approximate surface area is 139 Å². The Morgan fingerprint density at radius 1 is 1.42 bits per heavy atom. The lowest BCUT2D eigenvalue weighted by Gasteiger charge is -2.19. The van der Waals surface area contributed by atoms with Crippen LogP contribution in [-0.2, 0) is 24.3 Å². The Kier molecular flexibility index (Phi) is 4.75. The standard InChI is InChI=1S/C16H21N5O3/c1-11(22)14-9-13-10-20(7-2-8-21(13)19-14)16(24)6-4-12-3-5-15(23)18-17-12/h3,5,9,11,22H,2,4,6-8,10H2,1H3,(H,18,23)/t11-/m1/s1. The Morgan fingerprint density at radius 3 is 2.96 bits per heavy atom. The Morgan fingerprint density at radius 2 is 2.25 bits per heavy atom. The van der Waals surface area contributed by atoms with E-state index in [1.54, 1.807) is 13.0 Å². The number of aliphatic hydroxyl groups excluding tert-OH is 1. The van der Waals surface area contributed by atoms with E-state index < -0.39 is 6.10 Å². The SMILES string of the molecule is C[C@@H](O)c1cc2n(n1)CCCN(C(=O)CCc1ccc(=O)[nH]n1)C2. The highest BCUT2D eigenvalue weighted by atomic mass is 16.3. The molecule has 0 aliphatic carbocycles. The molecule has 1 amide bonds. The molecule has 2 N–H and O–H groups in total. The van der Waals surface area contributed by atoms with Crippen molar-refractivity contribution in [3.05, 3.63) is 45.6 Å². The second kappa shape index (κ2) is 6.96. The molecule has 0 bridgehead atoms. The van der Waals surface area contributed by atoms with Crippen LogP contribution in [-0.4, -0.2) is 42.4 Å². The first-order chi connectivity index (χ1) is 11.5. The predicted molar refractivity (Wildman–Crippen MR) is 86.1 cm³/mol. The average molecular weight is 331 g/mol. The van der Waals surface area contributed by atoms with E-state index >= 15 is 0 Å². The van der Waals surface area contributed by atoms with Gasteiger partial charge in [-0.05, 0) is 25.5 Å². The van der Waals surface area contributed by atoms with Gasteiger partial charge in [0.05, 0.1) is 29.7 Å². The molecule has 2 aromatic heterocycles. The molecule has 0 aromatic carbocycles. The first-order valence-electron chi connectivity index (χ1n) is 8.10. The molecule has 0 spiro atoms. The van der Waals surface area contributed by atoms with Gasteiger partial charge in [0.15, 0.2) is 0 Å². The number of hydrogen-bond acceptors (Lipinski definition) is 5. The minimum Gasteiger partial charge on any atom is -0.387 e. The zero-order valence-electron chi connectivity index (χ0n) is 13.6. The largest absolute Gasteiger partial charge is 0.387 e. The van der Waals surface area contributed by atoms with E-state index in [9.17, 15) is 14.7 Å². The molecule has 3 heterocycles. The van der Waals surface area contributed by atoms with Crippen molar-refractivity contribution in [2.75, 3.05) is 6.54 Å². The number of rotatable bonds is 4. The smallest absolute Gasteiger partial charge is 0.264 e. The molecule has 0 saturated heterocycles. The van der Waals surface area contributed by atoms with Gasteiger partial charge in [-0.2, -0.15) is 10.2 Å². The minimum atomic E-state index is -0.611. The quantitative estimate of drug-likeness (QED) is 0.843. The van der Waals surface area contributed by atoms with Gasteiger partial charge in [0.1, 0.15) is 0 Å². The lowest BCUT2D eigenvalue weighted by Crippen LogP contribution is -2.31. The van der Waals surface area contributed by atoms with Crippen molar-refractivity contribution in [2.45, 2.75) is 45.4 Å². The van der Waals surface area contributed by atoms with E-state index in [0.29, 0.717) is 37.3 Å². The number of carbonyl (C=O) groups excluding carboxylic acids is 1. The molecule has 8 heteroatoms. The third kappa shape index (κ3) is 3.70. The van der Waals surface area contributed by atoms with Crippen LogP contribution in [0.2, 0.25) is 0 Å². The second-order valence-corrected chi connectivity index (χ2v) is 6.04. The fourth-order valence-corrected chi connectivity index (χ4v) is 2.81. The molecular formula is C16H21N5O3. The van der Waals surface area contributed by atoms with E-state index in [0.717, 1.165) is 18.7 Å². The number of aromatic amines is 1. The normalized spacial score (nSPS) is 15.7. The zero-order chi connectivity index (χ0) is 17.1. The summed E-state index contributed by atoms with van der Waals surface area (Å²) in [6, 6.07) is 4.91. The number of aliphatic hydroxyl groups is 1. The third-order valence-electron chi connectivity index (χ3n) is 4.15. The summed E-state index contributed by atoms with van der Waals surface area (Å²) in [5.41, 5.74) is 2.02. The number of H-pyrrole nitrogens is 1. The number of carbonyl (C=O) groups is 1. The van der Waals surface area contributed by atoms with Crippen LogP contribution in [0.5, 0.6) is 0 Å². The van der Waals surface area contributed by atoms with Crippen molar-refractivity contribution in [1.82, 2.24) is 24.9 Å². The van der Waals surface area contributed by atoms with Gasteiger partial charge in [-0.3, -0.25) is 14.3 Å². The van der Waals surface area contributed by atoms with Gasteiger partial charge in [-0.25, -0.2) is 5.10 Å². The van der Waals surface area contributed by atoms with Gasteiger partial charge < -0.3 is 10.0 Å². The van der Waals surface area contributed by atoms with Crippen molar-refractivity contribution >= 4 is 5.91 Å². The summed E-state index contributed by atoms with van der Waals surface area (Å²) in [7, 11) is 0. The van der Waals surface area contributed by atoms with E-state index in [1.807, 2.05) is 15.6 Å². The molecular weight excluding hydrogens is 310 g/mol. The highest BCUT2D eigenvalue weighted by Crippen LogP contribution is 2.18. The Bertz CT molecular complexity index is 760. The molecule has 1 atom stereocenters. The van der Waals surface area contributed by atoms with Gasteiger partial charge in [-0.15, -0.1) is 0 Å². The van der Waals surface area contributed by atoms with Crippen molar-refractivity contribution in [1.29, 1.82) is 0 Å². The van der Waals surface area contributed by atoms with Crippen LogP contribution in [0.1, 0.15) is 43.0 Å². The number of amides is 1. The van der Waals surface area contributed by atoms with Crippen molar-refractivity contribution in [2.24, 2.45) is 0 Å². The number of aromatic nitrogens is 4. The topological polar surface area (TPSA) is 104 Å². The van der Waals surface area contributed by atoms with Crippen LogP contribution < -0.4 is 5.56 Å². The Balaban J connectivity index is 1.64. The zero-order valence-corrected chi connectivity index (χ0v) is 13.6. The van der Waals surface area contributed by atoms with Crippen LogP contribution in [0, 0.1) is 0 Å². The van der Waals surface area contributed by atoms with Crippen LogP contribution in [0.25, 0.3) is 0 Å². The van der Waals surface area contributed by atoms with Crippen LogP contribution in [0.15, 0.2) is 23.0 Å². The number of aryl methyl sites for hydroxylation is 2. The predicted octanol–water partition coefficient (Wildman–Crippen LogP) is 0.385. The summed E-state index contributed by atoms with van der Waals surface area (Å²) in [6.45, 7) is 3.61. The monoisotopic (exact) mass is 331 g/mol. The van der Waals surface area contributed by atoms with E-state index in [2.05, 4.69) is 15.3 Å². The molecule has 0 unspecified atom stereocenters. The number of fused-ring (bicyclic) bond motifs is 1. The average Bonchev–Trinajstić information content (AvgIpc) is 2.86. The van der Waals surface area contributed by atoms with Crippen molar-refractivity contribution < 1.29 is 9.90 Å². The van der Waals surface area contributed by atoms with Crippen molar-refractivity contribution in [3.63, 3.8) is 0 Å². The van der Waals surface area contributed by atoms with E-state index in [-0.39, 0.29) is 11.5 Å². The molecule has 1 aliphatic rings. The molecule has 128 valence electrons. The summed E-state index contributed by atoms with van der Waals surface area (Å²) >= 11 is 0. The molecule has 0 radical (unpaired) electrons. The van der Waals surface area contributed by atoms with Crippen LogP contribution >= 0.6 is 0 Å². The summed E-state index contributed by atoms with van der Waals surface area (Å²) < 4.78 is 1.87. The van der Waals surface area contributed by atoms with Gasteiger partial charge >= 0.3 is 0 Å². The van der Waals surface area contributed by atoms with Gasteiger partial charge in [0.2, 0.25) is 5.91 Å². The fraction of sp³-hybridized carbons (Fsp3) is 0.500. The first kappa shape index (κ1) is 16.4. The lowest BCUT2D eigenvalue weighted by molar-refractivity contribution is -0.131. The summed E-state index contributed by atoms with van der Waals surface area (Å²) in [4.78, 5) is 25.3. The Hall–Kier alpha value is -2.48. The van der Waals surface area contributed by atoms with Gasteiger partial charge in [0, 0.05) is 32.0 Å². The first-order valence-corrected chi connectivity index (χ1v) is 8.10. The highest BCUT2D eigenvalue weighted by Gasteiger charge is 2.21. The summed E-state index contributed by atoms with van der Waals surface area (Å²) in [6.07, 6.45) is 1.05. The van der Waals surface area contributed by atoms with E-state index in [4.69, 9.17) is 0 Å². The second-order valence-electron chi connectivity index (χ2n) is 6.04. The highest BCUT2D eigenvalue weighted by molar-refractivity contribution is 5.76. The maximum Gasteiger partial charge on any atom is 0.264 e. The molecule has 2 aromatic rings. The minimum absolute atomic E-state index is 0.0521. The van der Waals surface area contributed by atoms with Gasteiger partial charge in [0.25, 0.3) is 5.56 Å². The van der Waals surface area contributed by atoms with Gasteiger partial charge in [-0.1, -0.05) is 0 Å². The third-order valence-corrected chi connectivity index (χ3v) is 4.15. The molecule has 0 saturated carbocycles. The summed E-state index contributed by atoms with van der Waals surface area (Å²) in [5, 5.41) is 20.3. The lowest BCUT2D eigenvalue weighted by atomic mass is 10.2. The summed E-state index contributed by atoms with van der Waals surface area (Å²) in [5.74, 6) is 0.0521. The van der Waals surface area contributed by atoms with E-state index in [1.165, 1.54) is 6.07 Å². The number of nitrogens with one attached hydrogen (secondary N) is 1. The molecule has 3 rings (SSSR count). The molecule has 1 aliphatic heterocycles. The molecule has 0 fully saturated rings. The fourth-order valence-electron chi connectivity index (χ4n) is 2.81. The maximum absolute atomic E-state index is 12.5. The number of nitrogens with zero attached hydrogens (tertiary/aromatic N) is 4. The number of hydrogen-bond donors (Lipinski definition) is 2. The van der Waals surface area contributed by atoms with Crippen LogP contribution in [0.3, 0.4) is 0 Å². The molecule has 8 nitrogen and oxygen atoms in total. The van der Waals surface area contributed by atoms with Crippen LogP contribution in [0.4, 0.5) is 0 Å². The maximum atomic E-state index is 12.5. The van der Waals surface area contributed by atoms with Crippen molar-refractivity contribution in [3.8, 4) is 0 Å². The molecule has 24 heavy (non-hydrogen) atoms.